The molecule has 1 aromatic carbocycles. The first-order valence-corrected chi connectivity index (χ1v) is 7.94. The Morgan fingerprint density at radius 2 is 2.30 bits per heavy atom. The van der Waals surface area contributed by atoms with Crippen LogP contribution in [0.15, 0.2) is 18.2 Å². The zero-order valence-electron chi connectivity index (χ0n) is 11.9. The number of halogens is 1. The van der Waals surface area contributed by atoms with Crippen LogP contribution in [-0.2, 0) is 17.7 Å². The summed E-state index contributed by atoms with van der Waals surface area (Å²) < 4.78 is 8.17. The van der Waals surface area contributed by atoms with E-state index in [9.17, 15) is 0 Å². The van der Waals surface area contributed by atoms with Gasteiger partial charge in [0.1, 0.15) is 5.82 Å². The lowest BCUT2D eigenvalue weighted by molar-refractivity contribution is 0.00621. The van der Waals surface area contributed by atoms with Gasteiger partial charge < -0.3 is 9.30 Å². The van der Waals surface area contributed by atoms with Gasteiger partial charge in [0.15, 0.2) is 0 Å². The predicted molar refractivity (Wildman–Crippen MR) is 82.5 cm³/mol. The van der Waals surface area contributed by atoms with Gasteiger partial charge >= 0.3 is 0 Å². The molecule has 1 unspecified atom stereocenters. The Morgan fingerprint density at radius 1 is 1.40 bits per heavy atom. The minimum atomic E-state index is 0.316. The first-order valence-electron chi connectivity index (χ1n) is 7.41. The van der Waals surface area contributed by atoms with Crippen molar-refractivity contribution in [3.05, 3.63) is 29.6 Å². The summed E-state index contributed by atoms with van der Waals surface area (Å²) in [5.41, 5.74) is 3.51. The second-order valence-corrected chi connectivity index (χ2v) is 5.94. The Balaban J connectivity index is 1.95. The number of aromatic nitrogens is 2. The average Bonchev–Trinajstić information content (AvgIpc) is 2.77. The molecule has 4 heteroatoms. The summed E-state index contributed by atoms with van der Waals surface area (Å²) in [6, 6.07) is 6.45. The van der Waals surface area contributed by atoms with E-state index < -0.39 is 0 Å². The van der Waals surface area contributed by atoms with Crippen LogP contribution < -0.4 is 0 Å². The van der Waals surface area contributed by atoms with Gasteiger partial charge in [-0.2, -0.15) is 0 Å². The number of imidazole rings is 1. The molecule has 1 aliphatic heterocycles. The normalized spacial score (nSPS) is 19.6. The zero-order chi connectivity index (χ0) is 13.9. The van der Waals surface area contributed by atoms with E-state index in [-0.39, 0.29) is 0 Å². The Kier molecular flexibility index (Phi) is 4.27. The summed E-state index contributed by atoms with van der Waals surface area (Å²) in [7, 11) is 0. The SMILES string of the molecule is Cc1ccc2c(c1)nc(CCCl)n2CC1CCCCO1. The number of nitrogens with zero attached hydrogens (tertiary/aromatic N) is 2. The highest BCUT2D eigenvalue weighted by molar-refractivity contribution is 6.17. The molecule has 108 valence electrons. The van der Waals surface area contributed by atoms with E-state index in [1.165, 1.54) is 23.9 Å². The number of hydrogen-bond donors (Lipinski definition) is 0. The lowest BCUT2D eigenvalue weighted by atomic mass is 10.1. The van der Waals surface area contributed by atoms with E-state index in [0.29, 0.717) is 12.0 Å². The van der Waals surface area contributed by atoms with Crippen molar-refractivity contribution >= 4 is 22.6 Å². The molecule has 0 spiro atoms. The molecular formula is C16H21ClN2O. The van der Waals surface area contributed by atoms with Crippen molar-refractivity contribution in [1.29, 1.82) is 0 Å². The van der Waals surface area contributed by atoms with Gasteiger partial charge in [-0.1, -0.05) is 6.07 Å². The first kappa shape index (κ1) is 13.9. The van der Waals surface area contributed by atoms with Crippen LogP contribution in [0.25, 0.3) is 11.0 Å². The summed E-state index contributed by atoms with van der Waals surface area (Å²) in [6.07, 6.45) is 4.72. The van der Waals surface area contributed by atoms with Gasteiger partial charge in [0.05, 0.1) is 23.7 Å². The summed E-state index contributed by atoms with van der Waals surface area (Å²) in [4.78, 5) is 4.75. The number of benzene rings is 1. The molecule has 0 N–H and O–H groups in total. The van der Waals surface area contributed by atoms with Crippen LogP contribution in [-0.4, -0.2) is 28.1 Å². The third kappa shape index (κ3) is 2.84. The molecule has 3 rings (SSSR count). The lowest BCUT2D eigenvalue weighted by Gasteiger charge is -2.24. The first-order chi connectivity index (χ1) is 9.78. The van der Waals surface area contributed by atoms with Crippen molar-refractivity contribution in [2.75, 3.05) is 12.5 Å². The topological polar surface area (TPSA) is 27.1 Å². The van der Waals surface area contributed by atoms with Crippen LogP contribution >= 0.6 is 11.6 Å². The Hall–Kier alpha value is -1.06. The number of fused-ring (bicyclic) bond motifs is 1. The second kappa shape index (κ2) is 6.15. The number of alkyl halides is 1. The standard InChI is InChI=1S/C16H21ClN2O/c1-12-5-6-15-14(10-12)18-16(7-8-17)19(15)11-13-4-2-3-9-20-13/h5-6,10,13H,2-4,7-9,11H2,1H3. The highest BCUT2D eigenvalue weighted by Crippen LogP contribution is 2.22. The second-order valence-electron chi connectivity index (χ2n) is 5.56. The molecule has 1 aromatic heterocycles. The lowest BCUT2D eigenvalue weighted by Crippen LogP contribution is -2.25. The van der Waals surface area contributed by atoms with Crippen molar-refractivity contribution < 1.29 is 4.74 Å². The fraction of sp³-hybridized carbons (Fsp3) is 0.562. The molecule has 20 heavy (non-hydrogen) atoms. The molecule has 1 saturated heterocycles. The van der Waals surface area contributed by atoms with Gasteiger partial charge in [0, 0.05) is 18.9 Å². The van der Waals surface area contributed by atoms with Gasteiger partial charge in [-0.3, -0.25) is 0 Å². The minimum absolute atomic E-state index is 0.316. The van der Waals surface area contributed by atoms with Crippen LogP contribution in [0.3, 0.4) is 0 Å². The van der Waals surface area contributed by atoms with Crippen LogP contribution in [0, 0.1) is 6.92 Å². The summed E-state index contributed by atoms with van der Waals surface area (Å²) >= 11 is 5.93. The highest BCUT2D eigenvalue weighted by Gasteiger charge is 2.18. The smallest absolute Gasteiger partial charge is 0.111 e. The van der Waals surface area contributed by atoms with E-state index >= 15 is 0 Å². The van der Waals surface area contributed by atoms with Gasteiger partial charge in [-0.05, 0) is 43.9 Å². The zero-order valence-corrected chi connectivity index (χ0v) is 12.7. The quantitative estimate of drug-likeness (QED) is 0.804. The van der Waals surface area contributed by atoms with Gasteiger partial charge in [-0.15, -0.1) is 11.6 Å². The number of ether oxygens (including phenoxy) is 1. The average molecular weight is 293 g/mol. The van der Waals surface area contributed by atoms with E-state index in [0.717, 1.165) is 37.3 Å². The molecule has 0 bridgehead atoms. The third-order valence-electron chi connectivity index (χ3n) is 3.96. The summed E-state index contributed by atoms with van der Waals surface area (Å²) in [5.74, 6) is 1.68. The molecule has 2 heterocycles. The minimum Gasteiger partial charge on any atom is -0.376 e. The molecule has 0 radical (unpaired) electrons. The maximum atomic E-state index is 5.93. The van der Waals surface area contributed by atoms with Gasteiger partial charge in [0.2, 0.25) is 0 Å². The molecule has 3 nitrogen and oxygen atoms in total. The Morgan fingerprint density at radius 3 is 3.05 bits per heavy atom. The molecule has 1 atom stereocenters. The Labute approximate surface area is 124 Å². The fourth-order valence-electron chi connectivity index (χ4n) is 2.92. The van der Waals surface area contributed by atoms with Crippen molar-refractivity contribution in [2.24, 2.45) is 0 Å². The van der Waals surface area contributed by atoms with Gasteiger partial charge in [-0.25, -0.2) is 4.98 Å². The van der Waals surface area contributed by atoms with Crippen LogP contribution in [0.1, 0.15) is 30.7 Å². The van der Waals surface area contributed by atoms with Crippen LogP contribution in [0.2, 0.25) is 0 Å². The summed E-state index contributed by atoms with van der Waals surface area (Å²) in [6.45, 7) is 3.89. The van der Waals surface area contributed by atoms with Gasteiger partial charge in [0.25, 0.3) is 0 Å². The highest BCUT2D eigenvalue weighted by atomic mass is 35.5. The predicted octanol–water partition coefficient (Wildman–Crippen LogP) is 3.70. The maximum absolute atomic E-state index is 5.93. The van der Waals surface area contributed by atoms with Crippen LogP contribution in [0.5, 0.6) is 0 Å². The third-order valence-corrected chi connectivity index (χ3v) is 4.15. The van der Waals surface area contributed by atoms with Crippen molar-refractivity contribution in [3.63, 3.8) is 0 Å². The molecular weight excluding hydrogens is 272 g/mol. The largest absolute Gasteiger partial charge is 0.376 e. The summed E-state index contributed by atoms with van der Waals surface area (Å²) in [5, 5.41) is 0. The number of aryl methyl sites for hydroxylation is 2. The van der Waals surface area contributed by atoms with E-state index in [4.69, 9.17) is 21.3 Å². The molecule has 0 amide bonds. The number of rotatable bonds is 4. The van der Waals surface area contributed by atoms with E-state index in [2.05, 4.69) is 29.7 Å². The molecule has 1 fully saturated rings. The van der Waals surface area contributed by atoms with Crippen LogP contribution in [0.4, 0.5) is 0 Å². The van der Waals surface area contributed by atoms with Crippen molar-refractivity contribution in [2.45, 2.75) is 45.3 Å². The Bertz CT molecular complexity index is 587. The van der Waals surface area contributed by atoms with E-state index in [1.54, 1.807) is 0 Å². The molecule has 0 saturated carbocycles. The van der Waals surface area contributed by atoms with E-state index in [1.807, 2.05) is 0 Å². The fourth-order valence-corrected chi connectivity index (χ4v) is 3.09. The monoisotopic (exact) mass is 292 g/mol. The molecule has 0 aliphatic carbocycles. The molecule has 1 aliphatic rings. The van der Waals surface area contributed by atoms with Crippen molar-refractivity contribution in [1.82, 2.24) is 9.55 Å². The molecule has 2 aromatic rings. The van der Waals surface area contributed by atoms with Crippen molar-refractivity contribution in [3.8, 4) is 0 Å². The maximum Gasteiger partial charge on any atom is 0.111 e. The number of hydrogen-bond acceptors (Lipinski definition) is 2.